The van der Waals surface area contributed by atoms with Crippen molar-refractivity contribution in [1.29, 1.82) is 0 Å². The molecule has 0 saturated carbocycles. The summed E-state index contributed by atoms with van der Waals surface area (Å²) < 4.78 is 0. The highest BCUT2D eigenvalue weighted by atomic mass is 16.4. The third kappa shape index (κ3) is 4.59. The summed E-state index contributed by atoms with van der Waals surface area (Å²) >= 11 is 0. The summed E-state index contributed by atoms with van der Waals surface area (Å²) in [4.78, 5) is 22.8. The number of carboxylic acid groups (broad SMARTS) is 1. The van der Waals surface area contributed by atoms with Crippen molar-refractivity contribution in [1.82, 2.24) is 5.32 Å². The highest BCUT2D eigenvalue weighted by molar-refractivity contribution is 5.85. The molecule has 2 unspecified atom stereocenters. The quantitative estimate of drug-likeness (QED) is 0.583. The van der Waals surface area contributed by atoms with Crippen LogP contribution in [-0.4, -0.2) is 34.7 Å². The number of aromatic hydroxyl groups is 1. The summed E-state index contributed by atoms with van der Waals surface area (Å²) in [6.45, 7) is 1.80. The van der Waals surface area contributed by atoms with Gasteiger partial charge in [0.2, 0.25) is 5.91 Å². The van der Waals surface area contributed by atoms with E-state index in [0.29, 0.717) is 5.56 Å². The Morgan fingerprint density at radius 3 is 2.37 bits per heavy atom. The van der Waals surface area contributed by atoms with Crippen LogP contribution in [0, 0.1) is 5.92 Å². The number of carbonyl (C=O) groups excluding carboxylic acids is 1. The molecule has 6 nitrogen and oxygen atoms in total. The van der Waals surface area contributed by atoms with Gasteiger partial charge in [0.05, 0.1) is 0 Å². The second-order valence-corrected chi connectivity index (χ2v) is 4.41. The molecule has 0 aliphatic carbocycles. The van der Waals surface area contributed by atoms with E-state index in [0.717, 1.165) is 0 Å². The first-order chi connectivity index (χ1) is 8.93. The number of aliphatic carboxylic acids is 1. The van der Waals surface area contributed by atoms with E-state index in [9.17, 15) is 9.59 Å². The van der Waals surface area contributed by atoms with Crippen molar-refractivity contribution in [2.45, 2.75) is 19.4 Å². The molecule has 0 spiro atoms. The Bertz CT molecular complexity index is 444. The molecule has 0 saturated heterocycles. The fourth-order valence-electron chi connectivity index (χ4n) is 1.49. The molecule has 1 aromatic rings. The molecule has 2 atom stereocenters. The Balaban J connectivity index is 2.71. The predicted octanol–water partition coefficient (Wildman–Crippen LogP) is 0.0989. The van der Waals surface area contributed by atoms with Crippen LogP contribution < -0.4 is 11.1 Å². The lowest BCUT2D eigenvalue weighted by Crippen LogP contribution is -2.45. The van der Waals surface area contributed by atoms with Crippen LogP contribution in [0.25, 0.3) is 0 Å². The van der Waals surface area contributed by atoms with E-state index in [1.165, 1.54) is 12.1 Å². The fourth-order valence-corrected chi connectivity index (χ4v) is 1.49. The zero-order valence-electron chi connectivity index (χ0n) is 10.7. The third-order valence-electron chi connectivity index (χ3n) is 2.79. The van der Waals surface area contributed by atoms with Crippen molar-refractivity contribution in [3.05, 3.63) is 29.8 Å². The van der Waals surface area contributed by atoms with Crippen LogP contribution in [0.3, 0.4) is 0 Å². The Morgan fingerprint density at radius 1 is 1.32 bits per heavy atom. The number of phenols is 1. The normalized spacial score (nSPS) is 13.6. The molecule has 0 aliphatic heterocycles. The monoisotopic (exact) mass is 266 g/mol. The van der Waals surface area contributed by atoms with Gasteiger partial charge in [-0.15, -0.1) is 0 Å². The molecule has 5 N–H and O–H groups in total. The van der Waals surface area contributed by atoms with E-state index in [-0.39, 0.29) is 24.6 Å². The molecule has 0 aromatic heterocycles. The van der Waals surface area contributed by atoms with Gasteiger partial charge in [-0.3, -0.25) is 4.79 Å². The Kier molecular flexibility index (Phi) is 5.32. The maximum absolute atomic E-state index is 11.6. The number of carboxylic acids is 1. The average molecular weight is 266 g/mol. The number of hydrogen-bond donors (Lipinski definition) is 4. The molecule has 104 valence electrons. The van der Waals surface area contributed by atoms with Crippen LogP contribution in [0.2, 0.25) is 0 Å². The number of carbonyl (C=O) groups is 2. The summed E-state index contributed by atoms with van der Waals surface area (Å²) in [5.74, 6) is -1.81. The lowest BCUT2D eigenvalue weighted by atomic mass is 10.0. The Morgan fingerprint density at radius 2 is 1.89 bits per heavy atom. The minimum absolute atomic E-state index is 0.108. The minimum atomic E-state index is -1.11. The summed E-state index contributed by atoms with van der Waals surface area (Å²) in [5, 5.41) is 20.7. The summed E-state index contributed by atoms with van der Waals surface area (Å²) in [6, 6.07) is 5.16. The van der Waals surface area contributed by atoms with E-state index in [4.69, 9.17) is 15.9 Å². The maximum Gasteiger partial charge on any atom is 0.326 e. The minimum Gasteiger partial charge on any atom is -0.508 e. The van der Waals surface area contributed by atoms with Crippen molar-refractivity contribution in [3.63, 3.8) is 0 Å². The first-order valence-corrected chi connectivity index (χ1v) is 5.95. The molecule has 1 rings (SSSR count). The molecular weight excluding hydrogens is 248 g/mol. The molecule has 0 fully saturated rings. The van der Waals surface area contributed by atoms with Gasteiger partial charge in [0, 0.05) is 18.9 Å². The molecule has 1 amide bonds. The van der Waals surface area contributed by atoms with Crippen molar-refractivity contribution in [3.8, 4) is 5.75 Å². The first-order valence-electron chi connectivity index (χ1n) is 5.95. The number of phenolic OH excluding ortho intramolecular Hbond substituents is 1. The van der Waals surface area contributed by atoms with Crippen LogP contribution in [0.15, 0.2) is 24.3 Å². The second kappa shape index (κ2) is 6.75. The van der Waals surface area contributed by atoms with Crippen LogP contribution in [0.4, 0.5) is 0 Å². The van der Waals surface area contributed by atoms with Gasteiger partial charge in [0.15, 0.2) is 0 Å². The van der Waals surface area contributed by atoms with Gasteiger partial charge < -0.3 is 21.3 Å². The fraction of sp³-hybridized carbons (Fsp3) is 0.385. The van der Waals surface area contributed by atoms with E-state index in [1.807, 2.05) is 0 Å². The third-order valence-corrected chi connectivity index (χ3v) is 2.79. The van der Waals surface area contributed by atoms with E-state index < -0.39 is 17.9 Å². The highest BCUT2D eigenvalue weighted by Crippen LogP contribution is 2.11. The van der Waals surface area contributed by atoms with Gasteiger partial charge in [-0.05, 0) is 17.7 Å². The first kappa shape index (κ1) is 15.0. The standard InChI is InChI=1S/C13H18N2O4/c1-8(7-14)12(17)15-11(13(18)19)6-9-2-4-10(16)5-3-9/h2-5,8,11,16H,6-7,14H2,1H3,(H,15,17)(H,18,19). The highest BCUT2D eigenvalue weighted by Gasteiger charge is 2.22. The topological polar surface area (TPSA) is 113 Å². The number of rotatable bonds is 6. The lowest BCUT2D eigenvalue weighted by Gasteiger charge is -2.17. The van der Waals surface area contributed by atoms with Crippen LogP contribution in [-0.2, 0) is 16.0 Å². The molecule has 1 aromatic carbocycles. The van der Waals surface area contributed by atoms with Crippen molar-refractivity contribution >= 4 is 11.9 Å². The van der Waals surface area contributed by atoms with Gasteiger partial charge in [-0.2, -0.15) is 0 Å². The summed E-state index contributed by atoms with van der Waals surface area (Å²) in [6.07, 6.45) is 0.151. The molecule has 0 radical (unpaired) electrons. The predicted molar refractivity (Wildman–Crippen MR) is 69.6 cm³/mol. The van der Waals surface area contributed by atoms with E-state index in [1.54, 1.807) is 19.1 Å². The number of amides is 1. The zero-order valence-corrected chi connectivity index (χ0v) is 10.7. The summed E-state index contributed by atoms with van der Waals surface area (Å²) in [7, 11) is 0. The molecule has 0 bridgehead atoms. The Hall–Kier alpha value is -2.08. The SMILES string of the molecule is CC(CN)C(=O)NC(Cc1ccc(O)cc1)C(=O)O. The number of nitrogens with two attached hydrogens (primary N) is 1. The zero-order chi connectivity index (χ0) is 14.4. The van der Waals surface area contributed by atoms with Crippen molar-refractivity contribution < 1.29 is 19.8 Å². The van der Waals surface area contributed by atoms with Crippen molar-refractivity contribution in [2.24, 2.45) is 11.7 Å². The molecule has 0 aliphatic rings. The van der Waals surface area contributed by atoms with Gasteiger partial charge in [0.25, 0.3) is 0 Å². The van der Waals surface area contributed by atoms with Gasteiger partial charge >= 0.3 is 5.97 Å². The largest absolute Gasteiger partial charge is 0.508 e. The Labute approximate surface area is 111 Å². The van der Waals surface area contributed by atoms with Gasteiger partial charge in [-0.1, -0.05) is 19.1 Å². The maximum atomic E-state index is 11.6. The molecule has 19 heavy (non-hydrogen) atoms. The molecule has 0 heterocycles. The summed E-state index contributed by atoms with van der Waals surface area (Å²) in [5.41, 5.74) is 6.07. The number of hydrogen-bond acceptors (Lipinski definition) is 4. The van der Waals surface area contributed by atoms with E-state index in [2.05, 4.69) is 5.32 Å². The van der Waals surface area contributed by atoms with Crippen LogP contribution in [0.1, 0.15) is 12.5 Å². The van der Waals surface area contributed by atoms with Gasteiger partial charge in [0.1, 0.15) is 11.8 Å². The second-order valence-electron chi connectivity index (χ2n) is 4.41. The van der Waals surface area contributed by atoms with E-state index >= 15 is 0 Å². The van der Waals surface area contributed by atoms with Gasteiger partial charge in [-0.25, -0.2) is 4.79 Å². The van der Waals surface area contributed by atoms with Crippen LogP contribution in [0.5, 0.6) is 5.75 Å². The average Bonchev–Trinajstić information content (AvgIpc) is 2.39. The van der Waals surface area contributed by atoms with Crippen molar-refractivity contribution in [2.75, 3.05) is 6.54 Å². The molecular formula is C13H18N2O4. The number of nitrogens with one attached hydrogen (secondary N) is 1. The lowest BCUT2D eigenvalue weighted by molar-refractivity contribution is -0.142. The smallest absolute Gasteiger partial charge is 0.326 e. The number of benzene rings is 1. The van der Waals surface area contributed by atoms with Crippen LogP contribution >= 0.6 is 0 Å². The molecule has 6 heteroatoms.